The Bertz CT molecular complexity index is 473. The summed E-state index contributed by atoms with van der Waals surface area (Å²) in [4.78, 5) is 21.6. The number of anilines is 1. The monoisotopic (exact) mass is 254 g/mol. The average molecular weight is 254 g/mol. The zero-order chi connectivity index (χ0) is 13.7. The van der Waals surface area contributed by atoms with Crippen LogP contribution in [-0.2, 0) is 4.79 Å². The summed E-state index contributed by atoms with van der Waals surface area (Å²) in [5, 5.41) is 13.4. The fourth-order valence-electron chi connectivity index (χ4n) is 1.36. The van der Waals surface area contributed by atoms with E-state index in [-0.39, 0.29) is 23.1 Å². The molecule has 1 aromatic rings. The third kappa shape index (κ3) is 2.88. The van der Waals surface area contributed by atoms with E-state index in [1.54, 1.807) is 6.92 Å². The van der Waals surface area contributed by atoms with Gasteiger partial charge in [0.1, 0.15) is 5.75 Å². The third-order valence-electron chi connectivity index (χ3n) is 2.29. The summed E-state index contributed by atoms with van der Waals surface area (Å²) >= 11 is 0. The SMILES string of the molecule is CCC(=O)Nc1cc(OC)c([N+](=O)[O-])cc1OC. The standard InChI is InChI=1S/C11H14N2O5/c1-4-11(14)12-7-5-10(18-3)8(13(15)16)6-9(7)17-2/h5-6H,4H2,1-3H3,(H,12,14). The quantitative estimate of drug-likeness (QED) is 0.640. The molecule has 0 heterocycles. The largest absolute Gasteiger partial charge is 0.494 e. The molecule has 1 rings (SSSR count). The summed E-state index contributed by atoms with van der Waals surface area (Å²) in [6.07, 6.45) is 0.294. The van der Waals surface area contributed by atoms with Crippen molar-refractivity contribution in [1.29, 1.82) is 0 Å². The second-order valence-electron chi connectivity index (χ2n) is 3.38. The molecular weight excluding hydrogens is 240 g/mol. The van der Waals surface area contributed by atoms with Crippen molar-refractivity contribution < 1.29 is 19.2 Å². The molecule has 0 aliphatic heterocycles. The molecule has 0 radical (unpaired) electrons. The summed E-state index contributed by atoms with van der Waals surface area (Å²) in [5.41, 5.74) is 0.121. The average Bonchev–Trinajstić information content (AvgIpc) is 2.37. The molecule has 98 valence electrons. The first-order valence-electron chi connectivity index (χ1n) is 5.23. The van der Waals surface area contributed by atoms with Crippen LogP contribution in [0.3, 0.4) is 0 Å². The van der Waals surface area contributed by atoms with Crippen LogP contribution in [0, 0.1) is 10.1 Å². The van der Waals surface area contributed by atoms with Gasteiger partial charge >= 0.3 is 5.69 Å². The van der Waals surface area contributed by atoms with Gasteiger partial charge in [0.05, 0.1) is 30.9 Å². The van der Waals surface area contributed by atoms with Gasteiger partial charge in [-0.05, 0) is 0 Å². The maximum absolute atomic E-state index is 11.3. The Morgan fingerprint density at radius 1 is 1.33 bits per heavy atom. The van der Waals surface area contributed by atoms with Crippen molar-refractivity contribution in [3.8, 4) is 11.5 Å². The topological polar surface area (TPSA) is 90.7 Å². The van der Waals surface area contributed by atoms with E-state index in [1.165, 1.54) is 26.4 Å². The molecular formula is C11H14N2O5. The number of carbonyl (C=O) groups excluding carboxylic acids is 1. The molecule has 0 aliphatic rings. The molecule has 0 spiro atoms. The van der Waals surface area contributed by atoms with Crippen LogP contribution >= 0.6 is 0 Å². The molecule has 1 N–H and O–H groups in total. The van der Waals surface area contributed by atoms with Crippen LogP contribution in [0.2, 0.25) is 0 Å². The van der Waals surface area contributed by atoms with E-state index < -0.39 is 4.92 Å². The van der Waals surface area contributed by atoms with Gasteiger partial charge in [-0.15, -0.1) is 0 Å². The molecule has 0 saturated heterocycles. The molecule has 18 heavy (non-hydrogen) atoms. The maximum atomic E-state index is 11.3. The molecule has 0 atom stereocenters. The summed E-state index contributed by atoms with van der Waals surface area (Å²) in [7, 11) is 2.69. The highest BCUT2D eigenvalue weighted by Crippen LogP contribution is 2.37. The number of nitro benzene ring substituents is 1. The van der Waals surface area contributed by atoms with E-state index in [0.29, 0.717) is 12.1 Å². The number of hydrogen-bond acceptors (Lipinski definition) is 5. The zero-order valence-electron chi connectivity index (χ0n) is 10.4. The number of ether oxygens (including phenoxy) is 2. The van der Waals surface area contributed by atoms with Crippen LogP contribution in [0.1, 0.15) is 13.3 Å². The number of nitrogens with zero attached hydrogens (tertiary/aromatic N) is 1. The highest BCUT2D eigenvalue weighted by atomic mass is 16.6. The Kier molecular flexibility index (Phi) is 4.47. The van der Waals surface area contributed by atoms with Crippen LogP contribution < -0.4 is 14.8 Å². The van der Waals surface area contributed by atoms with Crippen LogP contribution in [0.4, 0.5) is 11.4 Å². The Morgan fingerprint density at radius 3 is 2.39 bits per heavy atom. The second kappa shape index (κ2) is 5.85. The lowest BCUT2D eigenvalue weighted by atomic mass is 10.2. The van der Waals surface area contributed by atoms with Crippen molar-refractivity contribution in [1.82, 2.24) is 0 Å². The lowest BCUT2D eigenvalue weighted by Gasteiger charge is -2.11. The summed E-state index contributed by atoms with van der Waals surface area (Å²) in [6.45, 7) is 1.70. The van der Waals surface area contributed by atoms with E-state index in [1.807, 2.05) is 0 Å². The van der Waals surface area contributed by atoms with Gasteiger partial charge in [-0.25, -0.2) is 0 Å². The van der Waals surface area contributed by atoms with Crippen molar-refractivity contribution in [2.75, 3.05) is 19.5 Å². The Morgan fingerprint density at radius 2 is 1.94 bits per heavy atom. The molecule has 0 fully saturated rings. The fourth-order valence-corrected chi connectivity index (χ4v) is 1.36. The van der Waals surface area contributed by atoms with Crippen LogP contribution in [0.25, 0.3) is 0 Å². The van der Waals surface area contributed by atoms with E-state index in [0.717, 1.165) is 0 Å². The summed E-state index contributed by atoms with van der Waals surface area (Å²) < 4.78 is 9.92. The minimum absolute atomic E-state index is 0.0622. The fraction of sp³-hybridized carbons (Fsp3) is 0.364. The van der Waals surface area contributed by atoms with Crippen molar-refractivity contribution >= 4 is 17.3 Å². The first-order chi connectivity index (χ1) is 8.53. The Balaban J connectivity index is 3.26. The number of hydrogen-bond donors (Lipinski definition) is 1. The molecule has 7 nitrogen and oxygen atoms in total. The van der Waals surface area contributed by atoms with E-state index in [4.69, 9.17) is 9.47 Å². The van der Waals surface area contributed by atoms with Crippen LogP contribution in [0.5, 0.6) is 11.5 Å². The molecule has 0 aromatic heterocycles. The van der Waals surface area contributed by atoms with Gasteiger partial charge in [-0.2, -0.15) is 0 Å². The first-order valence-corrected chi connectivity index (χ1v) is 5.23. The smallest absolute Gasteiger partial charge is 0.314 e. The predicted octanol–water partition coefficient (Wildman–Crippen LogP) is 1.96. The highest BCUT2D eigenvalue weighted by molar-refractivity contribution is 5.92. The van der Waals surface area contributed by atoms with Gasteiger partial charge in [0.25, 0.3) is 0 Å². The van der Waals surface area contributed by atoms with Crippen LogP contribution in [0.15, 0.2) is 12.1 Å². The summed E-state index contributed by atoms with van der Waals surface area (Å²) in [6, 6.07) is 2.58. The molecule has 7 heteroatoms. The molecule has 0 saturated carbocycles. The van der Waals surface area contributed by atoms with Gasteiger partial charge in [-0.1, -0.05) is 6.92 Å². The van der Waals surface area contributed by atoms with Gasteiger partial charge < -0.3 is 14.8 Å². The molecule has 1 aromatic carbocycles. The minimum Gasteiger partial charge on any atom is -0.494 e. The predicted molar refractivity (Wildman–Crippen MR) is 65.1 cm³/mol. The van der Waals surface area contributed by atoms with Crippen molar-refractivity contribution in [3.05, 3.63) is 22.2 Å². The van der Waals surface area contributed by atoms with Gasteiger partial charge in [-0.3, -0.25) is 14.9 Å². The molecule has 0 bridgehead atoms. The van der Waals surface area contributed by atoms with Gasteiger partial charge in [0, 0.05) is 12.5 Å². The molecule has 0 aliphatic carbocycles. The molecule has 0 unspecified atom stereocenters. The number of amides is 1. The summed E-state index contributed by atoms with van der Waals surface area (Å²) in [5.74, 6) is 0.0562. The second-order valence-corrected chi connectivity index (χ2v) is 3.38. The Labute approximate surface area is 104 Å². The first kappa shape index (κ1) is 13.8. The van der Waals surface area contributed by atoms with E-state index >= 15 is 0 Å². The minimum atomic E-state index is -0.577. The van der Waals surface area contributed by atoms with E-state index in [9.17, 15) is 14.9 Å². The Hall–Kier alpha value is -2.31. The van der Waals surface area contributed by atoms with Gasteiger partial charge in [0.15, 0.2) is 5.75 Å². The number of carbonyl (C=O) groups is 1. The highest BCUT2D eigenvalue weighted by Gasteiger charge is 2.20. The van der Waals surface area contributed by atoms with Gasteiger partial charge in [0.2, 0.25) is 5.91 Å². The normalized spacial score (nSPS) is 9.72. The lowest BCUT2D eigenvalue weighted by Crippen LogP contribution is -2.11. The third-order valence-corrected chi connectivity index (χ3v) is 2.29. The van der Waals surface area contributed by atoms with Crippen molar-refractivity contribution in [2.45, 2.75) is 13.3 Å². The number of benzene rings is 1. The number of nitrogens with one attached hydrogen (secondary N) is 1. The number of nitro groups is 1. The molecule has 1 amide bonds. The van der Waals surface area contributed by atoms with E-state index in [2.05, 4.69) is 5.32 Å². The zero-order valence-corrected chi connectivity index (χ0v) is 10.4. The van der Waals surface area contributed by atoms with Crippen molar-refractivity contribution in [3.63, 3.8) is 0 Å². The van der Waals surface area contributed by atoms with Crippen molar-refractivity contribution in [2.24, 2.45) is 0 Å². The number of methoxy groups -OCH3 is 2. The maximum Gasteiger partial charge on any atom is 0.314 e. The number of rotatable bonds is 5. The van der Waals surface area contributed by atoms with Crippen LogP contribution in [-0.4, -0.2) is 25.1 Å². The lowest BCUT2D eigenvalue weighted by molar-refractivity contribution is -0.385.